The first-order chi connectivity index (χ1) is 10.0. The minimum absolute atomic E-state index is 0.280. The molecule has 5 nitrogen and oxygen atoms in total. The van der Waals surface area contributed by atoms with Gasteiger partial charge in [0.1, 0.15) is 0 Å². The Bertz CT molecular complexity index is 755. The van der Waals surface area contributed by atoms with Gasteiger partial charge >= 0.3 is 0 Å². The molecule has 1 aliphatic heterocycles. The maximum atomic E-state index is 12.9. The van der Waals surface area contributed by atoms with E-state index in [0.29, 0.717) is 18.5 Å². The van der Waals surface area contributed by atoms with Crippen LogP contribution in [0.3, 0.4) is 0 Å². The molecule has 0 amide bonds. The molecule has 2 aromatic carbocycles. The number of aliphatic hydroxyl groups is 1. The van der Waals surface area contributed by atoms with Crippen LogP contribution < -0.4 is 5.32 Å². The van der Waals surface area contributed by atoms with Crippen LogP contribution in [-0.4, -0.2) is 50.1 Å². The van der Waals surface area contributed by atoms with Gasteiger partial charge in [-0.05, 0) is 11.5 Å². The van der Waals surface area contributed by atoms with Crippen LogP contribution in [0.15, 0.2) is 47.4 Å². The van der Waals surface area contributed by atoms with Gasteiger partial charge in [-0.3, -0.25) is 0 Å². The van der Waals surface area contributed by atoms with E-state index in [-0.39, 0.29) is 4.90 Å². The summed E-state index contributed by atoms with van der Waals surface area (Å²) in [6, 6.07) is 12.2. The van der Waals surface area contributed by atoms with Crippen LogP contribution in [0.2, 0.25) is 0 Å². The highest BCUT2D eigenvalue weighted by Gasteiger charge is 2.36. The average molecular weight is 306 g/mol. The Labute approximate surface area is 124 Å². The van der Waals surface area contributed by atoms with E-state index in [1.807, 2.05) is 24.3 Å². The second-order valence-electron chi connectivity index (χ2n) is 5.29. The first-order valence-electron chi connectivity index (χ1n) is 6.86. The first kappa shape index (κ1) is 14.5. The topological polar surface area (TPSA) is 69.6 Å². The molecule has 3 rings (SSSR count). The molecule has 1 fully saturated rings. The zero-order chi connectivity index (χ0) is 15.0. The van der Waals surface area contributed by atoms with Gasteiger partial charge in [0.05, 0.1) is 17.0 Å². The quantitative estimate of drug-likeness (QED) is 0.880. The molecule has 0 radical (unpaired) electrons. The summed E-state index contributed by atoms with van der Waals surface area (Å²) < 4.78 is 27.0. The Morgan fingerprint density at radius 3 is 2.57 bits per heavy atom. The van der Waals surface area contributed by atoms with Gasteiger partial charge in [-0.1, -0.05) is 36.4 Å². The molecule has 6 heteroatoms. The SMILES string of the molecule is CN([C@@H]1CNC[C@H]1O)S(=O)(=O)c1cccc2ccccc12. The fourth-order valence-corrected chi connectivity index (χ4v) is 4.37. The fraction of sp³-hybridized carbons (Fsp3) is 0.333. The Hall–Kier alpha value is -1.47. The van der Waals surface area contributed by atoms with Crippen molar-refractivity contribution < 1.29 is 13.5 Å². The number of nitrogens with zero attached hydrogens (tertiary/aromatic N) is 1. The van der Waals surface area contributed by atoms with Crippen molar-refractivity contribution in [3.8, 4) is 0 Å². The summed E-state index contributed by atoms with van der Waals surface area (Å²) in [6.45, 7) is 0.877. The fourth-order valence-electron chi connectivity index (χ4n) is 2.78. The van der Waals surface area contributed by atoms with Crippen LogP contribution in [0, 0.1) is 0 Å². The van der Waals surface area contributed by atoms with Crippen molar-refractivity contribution in [3.63, 3.8) is 0 Å². The van der Waals surface area contributed by atoms with Gasteiger partial charge in [-0.15, -0.1) is 0 Å². The van der Waals surface area contributed by atoms with Crippen molar-refractivity contribution >= 4 is 20.8 Å². The third-order valence-electron chi connectivity index (χ3n) is 4.02. The van der Waals surface area contributed by atoms with Crippen LogP contribution in [0.25, 0.3) is 10.8 Å². The zero-order valence-corrected chi connectivity index (χ0v) is 12.5. The molecule has 0 aliphatic carbocycles. The molecule has 0 unspecified atom stereocenters. The summed E-state index contributed by atoms with van der Waals surface area (Å²) in [5.74, 6) is 0. The Morgan fingerprint density at radius 2 is 1.86 bits per heavy atom. The molecule has 21 heavy (non-hydrogen) atoms. The largest absolute Gasteiger partial charge is 0.390 e. The molecular weight excluding hydrogens is 288 g/mol. The second kappa shape index (κ2) is 5.38. The summed E-state index contributed by atoms with van der Waals surface area (Å²) in [5, 5.41) is 14.5. The monoisotopic (exact) mass is 306 g/mol. The van der Waals surface area contributed by atoms with Crippen LogP contribution >= 0.6 is 0 Å². The number of benzene rings is 2. The lowest BCUT2D eigenvalue weighted by Gasteiger charge is -2.26. The van der Waals surface area contributed by atoms with Crippen LogP contribution in [0.4, 0.5) is 0 Å². The molecule has 112 valence electrons. The van der Waals surface area contributed by atoms with E-state index in [1.165, 1.54) is 11.4 Å². The molecule has 2 N–H and O–H groups in total. The van der Waals surface area contributed by atoms with E-state index in [9.17, 15) is 13.5 Å². The normalized spacial score (nSPS) is 23.0. The molecule has 2 aromatic rings. The highest BCUT2D eigenvalue weighted by molar-refractivity contribution is 7.89. The van der Waals surface area contributed by atoms with Gasteiger partial charge < -0.3 is 10.4 Å². The summed E-state index contributed by atoms with van der Waals surface area (Å²) in [5.41, 5.74) is 0. The number of β-amino-alcohol motifs (C(OH)–C–C–N with tert-alkyl or cyclic N) is 1. The van der Waals surface area contributed by atoms with Crippen molar-refractivity contribution in [2.75, 3.05) is 20.1 Å². The van der Waals surface area contributed by atoms with Gasteiger partial charge in [0, 0.05) is 25.5 Å². The number of nitrogens with one attached hydrogen (secondary N) is 1. The summed E-state index contributed by atoms with van der Waals surface area (Å²) in [4.78, 5) is 0.280. The Balaban J connectivity index is 2.08. The van der Waals surface area contributed by atoms with Crippen molar-refractivity contribution in [2.45, 2.75) is 17.0 Å². The van der Waals surface area contributed by atoms with Crippen LogP contribution in [0.5, 0.6) is 0 Å². The number of hydrogen-bond donors (Lipinski definition) is 2. The maximum absolute atomic E-state index is 12.9. The van der Waals surface area contributed by atoms with Crippen molar-refractivity contribution in [1.29, 1.82) is 0 Å². The molecule has 0 bridgehead atoms. The third-order valence-corrected chi connectivity index (χ3v) is 5.97. The van der Waals surface area contributed by atoms with E-state index >= 15 is 0 Å². The van der Waals surface area contributed by atoms with E-state index in [0.717, 1.165) is 5.39 Å². The smallest absolute Gasteiger partial charge is 0.243 e. The first-order valence-corrected chi connectivity index (χ1v) is 8.30. The third kappa shape index (κ3) is 2.44. The number of sulfonamides is 1. The molecular formula is C15H18N2O3S. The number of aliphatic hydroxyl groups excluding tert-OH is 1. The van der Waals surface area contributed by atoms with Crippen LogP contribution in [-0.2, 0) is 10.0 Å². The molecule has 1 saturated heterocycles. The van der Waals surface area contributed by atoms with E-state index in [1.54, 1.807) is 18.2 Å². The Morgan fingerprint density at radius 1 is 1.14 bits per heavy atom. The molecule has 0 aromatic heterocycles. The summed E-state index contributed by atoms with van der Waals surface area (Å²) in [6.07, 6.45) is -0.681. The van der Waals surface area contributed by atoms with E-state index in [4.69, 9.17) is 0 Å². The van der Waals surface area contributed by atoms with Crippen molar-refractivity contribution in [3.05, 3.63) is 42.5 Å². The lowest BCUT2D eigenvalue weighted by Crippen LogP contribution is -2.44. The van der Waals surface area contributed by atoms with Crippen molar-refractivity contribution in [2.24, 2.45) is 0 Å². The molecule has 2 atom stereocenters. The lowest BCUT2D eigenvalue weighted by atomic mass is 10.1. The Kier molecular flexibility index (Phi) is 3.71. The van der Waals surface area contributed by atoms with E-state index in [2.05, 4.69) is 5.32 Å². The van der Waals surface area contributed by atoms with Gasteiger partial charge in [-0.2, -0.15) is 4.31 Å². The predicted molar refractivity (Wildman–Crippen MR) is 81.6 cm³/mol. The number of fused-ring (bicyclic) bond motifs is 1. The minimum Gasteiger partial charge on any atom is -0.390 e. The number of hydrogen-bond acceptors (Lipinski definition) is 4. The highest BCUT2D eigenvalue weighted by atomic mass is 32.2. The predicted octanol–water partition coefficient (Wildman–Crippen LogP) is 0.793. The molecule has 0 spiro atoms. The number of rotatable bonds is 3. The lowest BCUT2D eigenvalue weighted by molar-refractivity contribution is 0.136. The standard InChI is InChI=1S/C15H18N2O3S/c1-17(13-9-16-10-14(13)18)21(19,20)15-8-4-6-11-5-2-3-7-12(11)15/h2-8,13-14,16,18H,9-10H2,1H3/t13-,14-/m1/s1. The van der Waals surface area contributed by atoms with E-state index < -0.39 is 22.2 Å². The van der Waals surface area contributed by atoms with Gasteiger partial charge in [-0.25, -0.2) is 8.42 Å². The van der Waals surface area contributed by atoms with Gasteiger partial charge in [0.2, 0.25) is 10.0 Å². The summed E-state index contributed by atoms with van der Waals surface area (Å²) >= 11 is 0. The van der Waals surface area contributed by atoms with Crippen molar-refractivity contribution in [1.82, 2.24) is 9.62 Å². The average Bonchev–Trinajstić information content (AvgIpc) is 2.91. The second-order valence-corrected chi connectivity index (χ2v) is 7.26. The zero-order valence-electron chi connectivity index (χ0n) is 11.7. The minimum atomic E-state index is -3.65. The number of likely N-dealkylation sites (N-methyl/N-ethyl adjacent to an activating group) is 1. The summed E-state index contributed by atoms with van der Waals surface area (Å²) in [7, 11) is -2.12. The highest BCUT2D eigenvalue weighted by Crippen LogP contribution is 2.27. The molecule has 1 aliphatic rings. The van der Waals surface area contributed by atoms with Gasteiger partial charge in [0.25, 0.3) is 0 Å². The van der Waals surface area contributed by atoms with Crippen LogP contribution in [0.1, 0.15) is 0 Å². The maximum Gasteiger partial charge on any atom is 0.243 e. The molecule has 0 saturated carbocycles. The molecule has 1 heterocycles. The van der Waals surface area contributed by atoms with Gasteiger partial charge in [0.15, 0.2) is 0 Å².